The summed E-state index contributed by atoms with van der Waals surface area (Å²) in [7, 11) is 0. The lowest BCUT2D eigenvalue weighted by molar-refractivity contribution is 0.541. The Morgan fingerprint density at radius 3 is 2.94 bits per heavy atom. The maximum atomic E-state index is 4.24. The molecule has 94 valence electrons. The molecule has 0 aliphatic carbocycles. The first-order valence-corrected chi connectivity index (χ1v) is 5.51. The van der Waals surface area contributed by atoms with Crippen LogP contribution >= 0.6 is 12.4 Å². The molecule has 0 fully saturated rings. The number of aromatic amines is 1. The normalized spacial score (nSPS) is 10.2. The second kappa shape index (κ2) is 7.09. The van der Waals surface area contributed by atoms with E-state index in [1.165, 1.54) is 5.56 Å². The number of rotatable bonds is 6. The fourth-order valence-electron chi connectivity index (χ4n) is 1.56. The first-order chi connectivity index (χ1) is 7.84. The van der Waals surface area contributed by atoms with E-state index >= 15 is 0 Å². The summed E-state index contributed by atoms with van der Waals surface area (Å²) < 4.78 is 1.98. The third kappa shape index (κ3) is 4.58. The molecule has 0 aliphatic heterocycles. The Morgan fingerprint density at radius 2 is 2.29 bits per heavy atom. The van der Waals surface area contributed by atoms with Crippen LogP contribution in [0.15, 0.2) is 24.9 Å². The maximum Gasteiger partial charge on any atom is 0.0922 e. The topological polar surface area (TPSA) is 58.5 Å². The smallest absolute Gasteiger partial charge is 0.0922 e. The summed E-state index contributed by atoms with van der Waals surface area (Å²) in [5, 5.41) is 7.59. The van der Waals surface area contributed by atoms with E-state index in [2.05, 4.69) is 33.5 Å². The molecule has 2 N–H and O–H groups in total. The van der Waals surface area contributed by atoms with Crippen molar-refractivity contribution in [3.8, 4) is 0 Å². The monoisotopic (exact) mass is 255 g/mol. The van der Waals surface area contributed by atoms with Crippen LogP contribution in [0.1, 0.15) is 17.7 Å². The Kier molecular flexibility index (Phi) is 5.72. The van der Waals surface area contributed by atoms with E-state index < -0.39 is 0 Å². The van der Waals surface area contributed by atoms with Gasteiger partial charge in [0, 0.05) is 31.2 Å². The number of nitrogens with one attached hydrogen (secondary N) is 2. The van der Waals surface area contributed by atoms with E-state index in [1.807, 2.05) is 17.1 Å². The van der Waals surface area contributed by atoms with Crippen molar-refractivity contribution in [2.75, 3.05) is 6.54 Å². The molecule has 0 spiro atoms. The van der Waals surface area contributed by atoms with Crippen molar-refractivity contribution in [3.05, 3.63) is 36.2 Å². The first kappa shape index (κ1) is 13.7. The zero-order valence-electron chi connectivity index (χ0n) is 9.89. The minimum Gasteiger partial charge on any atom is -0.347 e. The van der Waals surface area contributed by atoms with Crippen molar-refractivity contribution in [1.29, 1.82) is 0 Å². The molecule has 0 radical (unpaired) electrons. The van der Waals surface area contributed by atoms with Crippen LogP contribution in [0.4, 0.5) is 0 Å². The molecular weight excluding hydrogens is 238 g/mol. The number of H-pyrrole nitrogens is 1. The average molecular weight is 256 g/mol. The SMILES string of the molecule is Cc1cnn(CCCNCc2cnc[nH]2)c1.Cl. The Bertz CT molecular complexity index is 409. The van der Waals surface area contributed by atoms with Crippen molar-refractivity contribution in [2.45, 2.75) is 26.4 Å². The zero-order valence-corrected chi connectivity index (χ0v) is 10.7. The fourth-order valence-corrected chi connectivity index (χ4v) is 1.56. The van der Waals surface area contributed by atoms with Crippen LogP contribution < -0.4 is 5.32 Å². The van der Waals surface area contributed by atoms with Gasteiger partial charge >= 0.3 is 0 Å². The van der Waals surface area contributed by atoms with Gasteiger partial charge in [0.1, 0.15) is 0 Å². The molecule has 5 nitrogen and oxygen atoms in total. The molecule has 17 heavy (non-hydrogen) atoms. The van der Waals surface area contributed by atoms with Gasteiger partial charge < -0.3 is 10.3 Å². The molecule has 0 saturated heterocycles. The van der Waals surface area contributed by atoms with Crippen LogP contribution in [0.2, 0.25) is 0 Å². The number of aromatic nitrogens is 4. The largest absolute Gasteiger partial charge is 0.347 e. The molecule has 6 heteroatoms. The second-order valence-electron chi connectivity index (χ2n) is 3.89. The Labute approximate surface area is 107 Å². The van der Waals surface area contributed by atoms with Gasteiger partial charge in [-0.25, -0.2) is 4.98 Å². The molecule has 0 amide bonds. The standard InChI is InChI=1S/C11H17N5.ClH/c1-10-5-15-16(8-10)4-2-3-12-6-11-7-13-9-14-11;/h5,7-9,12H,2-4,6H2,1H3,(H,13,14);1H. The maximum absolute atomic E-state index is 4.24. The lowest BCUT2D eigenvalue weighted by atomic mass is 10.4. The molecule has 0 unspecified atom stereocenters. The summed E-state index contributed by atoms with van der Waals surface area (Å²) in [6, 6.07) is 0. The van der Waals surface area contributed by atoms with Crippen LogP contribution in [0.25, 0.3) is 0 Å². The fraction of sp³-hybridized carbons (Fsp3) is 0.455. The molecule has 0 aromatic carbocycles. The third-order valence-corrected chi connectivity index (χ3v) is 2.37. The van der Waals surface area contributed by atoms with Crippen LogP contribution in [0, 0.1) is 6.92 Å². The van der Waals surface area contributed by atoms with E-state index in [0.717, 1.165) is 31.7 Å². The second-order valence-corrected chi connectivity index (χ2v) is 3.89. The van der Waals surface area contributed by atoms with Gasteiger partial charge in [-0.2, -0.15) is 5.10 Å². The number of hydrogen-bond donors (Lipinski definition) is 2. The minimum atomic E-state index is 0. The van der Waals surface area contributed by atoms with Crippen LogP contribution in [0.3, 0.4) is 0 Å². The molecule has 0 atom stereocenters. The highest BCUT2D eigenvalue weighted by atomic mass is 35.5. The van der Waals surface area contributed by atoms with E-state index in [9.17, 15) is 0 Å². The molecule has 0 aliphatic rings. The minimum absolute atomic E-state index is 0. The number of imidazole rings is 1. The number of halogens is 1. The van der Waals surface area contributed by atoms with Crippen molar-refractivity contribution in [2.24, 2.45) is 0 Å². The summed E-state index contributed by atoms with van der Waals surface area (Å²) in [4.78, 5) is 7.02. The van der Waals surface area contributed by atoms with Crippen LogP contribution in [0.5, 0.6) is 0 Å². The molecule has 2 aromatic rings. The van der Waals surface area contributed by atoms with Gasteiger partial charge in [-0.1, -0.05) is 0 Å². The molecular formula is C11H18ClN5. The Hall–Kier alpha value is -1.33. The summed E-state index contributed by atoms with van der Waals surface area (Å²) >= 11 is 0. The van der Waals surface area contributed by atoms with Gasteiger partial charge in [0.05, 0.1) is 12.5 Å². The summed E-state index contributed by atoms with van der Waals surface area (Å²) in [6.07, 6.45) is 8.57. The first-order valence-electron chi connectivity index (χ1n) is 5.51. The highest BCUT2D eigenvalue weighted by molar-refractivity contribution is 5.85. The number of aryl methyl sites for hydroxylation is 2. The predicted molar refractivity (Wildman–Crippen MR) is 69.1 cm³/mol. The highest BCUT2D eigenvalue weighted by Crippen LogP contribution is 1.95. The average Bonchev–Trinajstić information content (AvgIpc) is 2.89. The Morgan fingerprint density at radius 1 is 1.41 bits per heavy atom. The molecule has 2 rings (SSSR count). The van der Waals surface area contributed by atoms with Gasteiger partial charge in [0.2, 0.25) is 0 Å². The summed E-state index contributed by atoms with van der Waals surface area (Å²) in [5.74, 6) is 0. The van der Waals surface area contributed by atoms with E-state index in [0.29, 0.717) is 0 Å². The lowest BCUT2D eigenvalue weighted by Crippen LogP contribution is -2.16. The lowest BCUT2D eigenvalue weighted by Gasteiger charge is -2.03. The van der Waals surface area contributed by atoms with Crippen molar-refractivity contribution >= 4 is 12.4 Å². The zero-order chi connectivity index (χ0) is 11.2. The summed E-state index contributed by atoms with van der Waals surface area (Å²) in [5.41, 5.74) is 2.33. The van der Waals surface area contributed by atoms with Crippen LogP contribution in [-0.4, -0.2) is 26.3 Å². The van der Waals surface area contributed by atoms with Crippen molar-refractivity contribution in [3.63, 3.8) is 0 Å². The molecule has 0 saturated carbocycles. The molecule has 2 aromatic heterocycles. The van der Waals surface area contributed by atoms with Crippen molar-refractivity contribution < 1.29 is 0 Å². The number of hydrogen-bond acceptors (Lipinski definition) is 3. The van der Waals surface area contributed by atoms with Crippen LogP contribution in [-0.2, 0) is 13.1 Å². The number of nitrogens with zero attached hydrogens (tertiary/aromatic N) is 3. The molecule has 0 bridgehead atoms. The summed E-state index contributed by atoms with van der Waals surface area (Å²) in [6.45, 7) is 4.85. The van der Waals surface area contributed by atoms with E-state index in [4.69, 9.17) is 0 Å². The third-order valence-electron chi connectivity index (χ3n) is 2.37. The van der Waals surface area contributed by atoms with E-state index in [-0.39, 0.29) is 12.4 Å². The van der Waals surface area contributed by atoms with Gasteiger partial charge in [-0.05, 0) is 25.5 Å². The molecule has 2 heterocycles. The van der Waals surface area contributed by atoms with Crippen molar-refractivity contribution in [1.82, 2.24) is 25.1 Å². The van der Waals surface area contributed by atoms with Gasteiger partial charge in [0.15, 0.2) is 0 Å². The van der Waals surface area contributed by atoms with Gasteiger partial charge in [-0.3, -0.25) is 4.68 Å². The Balaban J connectivity index is 0.00000144. The predicted octanol–water partition coefficient (Wildman–Crippen LogP) is 1.52. The van der Waals surface area contributed by atoms with Gasteiger partial charge in [-0.15, -0.1) is 12.4 Å². The van der Waals surface area contributed by atoms with E-state index in [1.54, 1.807) is 6.33 Å². The quantitative estimate of drug-likeness (QED) is 0.770. The van der Waals surface area contributed by atoms with Gasteiger partial charge in [0.25, 0.3) is 0 Å². The highest BCUT2D eigenvalue weighted by Gasteiger charge is 1.95.